The van der Waals surface area contributed by atoms with Crippen LogP contribution in [0.5, 0.6) is 0 Å². The van der Waals surface area contributed by atoms with Gasteiger partial charge in [-0.05, 0) is 33.2 Å². The van der Waals surface area contributed by atoms with E-state index in [0.29, 0.717) is 0 Å². The second kappa shape index (κ2) is 4.72. The molecular weight excluding hydrogens is 259 g/mol. The fourth-order valence-corrected chi connectivity index (χ4v) is 1.89. The Bertz CT molecular complexity index is 531. The Morgan fingerprint density at radius 3 is 1.85 bits per heavy atom. The number of carboxylic acids is 1. The van der Waals surface area contributed by atoms with Crippen LogP contribution in [0.3, 0.4) is 0 Å². The molecule has 0 amide bonds. The Morgan fingerprint density at radius 2 is 1.45 bits per heavy atom. The lowest BCUT2D eigenvalue weighted by atomic mass is 9.78. The van der Waals surface area contributed by atoms with Gasteiger partial charge in [-0.1, -0.05) is 24.3 Å². The highest BCUT2D eigenvalue weighted by molar-refractivity contribution is 6.62. The molecule has 0 unspecified atom stereocenters. The van der Waals surface area contributed by atoms with Gasteiger partial charge in [0, 0.05) is 5.56 Å². The SMILES string of the molecule is CC1(C)OB(c2ccc(C(=O)C(=O)O)cc2)OC1(C)C. The fourth-order valence-electron chi connectivity index (χ4n) is 1.89. The highest BCUT2D eigenvalue weighted by Crippen LogP contribution is 2.36. The summed E-state index contributed by atoms with van der Waals surface area (Å²) in [4.78, 5) is 21.9. The molecule has 0 bridgehead atoms. The summed E-state index contributed by atoms with van der Waals surface area (Å²) in [6.07, 6.45) is 0. The zero-order chi connectivity index (χ0) is 15.1. The van der Waals surface area contributed by atoms with Crippen molar-refractivity contribution in [1.82, 2.24) is 0 Å². The van der Waals surface area contributed by atoms with E-state index < -0.39 is 30.1 Å². The van der Waals surface area contributed by atoms with Gasteiger partial charge < -0.3 is 14.4 Å². The predicted molar refractivity (Wildman–Crippen MR) is 74.1 cm³/mol. The van der Waals surface area contributed by atoms with Gasteiger partial charge in [0.15, 0.2) is 0 Å². The van der Waals surface area contributed by atoms with E-state index in [-0.39, 0.29) is 5.56 Å². The van der Waals surface area contributed by atoms with Gasteiger partial charge in [0.2, 0.25) is 0 Å². The fraction of sp³-hybridized carbons (Fsp3) is 0.429. The summed E-state index contributed by atoms with van der Waals surface area (Å²) in [5.74, 6) is -2.39. The summed E-state index contributed by atoms with van der Waals surface area (Å²) in [6, 6.07) is 6.24. The molecule has 1 fully saturated rings. The van der Waals surface area contributed by atoms with Gasteiger partial charge in [-0.3, -0.25) is 4.79 Å². The summed E-state index contributed by atoms with van der Waals surface area (Å²) in [6.45, 7) is 7.81. The minimum absolute atomic E-state index is 0.137. The Balaban J connectivity index is 2.20. The molecule has 6 heteroatoms. The Morgan fingerprint density at radius 1 is 1.00 bits per heavy atom. The first-order valence-electron chi connectivity index (χ1n) is 6.37. The summed E-state index contributed by atoms with van der Waals surface area (Å²) < 4.78 is 11.7. The van der Waals surface area contributed by atoms with Crippen LogP contribution < -0.4 is 5.46 Å². The smallest absolute Gasteiger partial charge is 0.475 e. The number of rotatable bonds is 3. The van der Waals surface area contributed by atoms with Crippen LogP contribution in [0.2, 0.25) is 0 Å². The van der Waals surface area contributed by atoms with E-state index in [2.05, 4.69) is 0 Å². The van der Waals surface area contributed by atoms with Crippen LogP contribution in [0.15, 0.2) is 24.3 Å². The molecule has 0 aliphatic carbocycles. The van der Waals surface area contributed by atoms with Crippen molar-refractivity contribution in [3.63, 3.8) is 0 Å². The number of carboxylic acid groups (broad SMARTS) is 1. The van der Waals surface area contributed by atoms with Crippen molar-refractivity contribution < 1.29 is 24.0 Å². The van der Waals surface area contributed by atoms with Crippen molar-refractivity contribution in [2.75, 3.05) is 0 Å². The number of benzene rings is 1. The van der Waals surface area contributed by atoms with Crippen molar-refractivity contribution >= 4 is 24.3 Å². The quantitative estimate of drug-likeness (QED) is 0.511. The highest BCUT2D eigenvalue weighted by Gasteiger charge is 2.51. The maximum absolute atomic E-state index is 11.3. The lowest BCUT2D eigenvalue weighted by Gasteiger charge is -2.32. The lowest BCUT2D eigenvalue weighted by Crippen LogP contribution is -2.41. The largest absolute Gasteiger partial charge is 0.494 e. The molecule has 0 aromatic heterocycles. The molecule has 1 saturated heterocycles. The Hall–Kier alpha value is -1.66. The zero-order valence-corrected chi connectivity index (χ0v) is 12.0. The third-order valence-electron chi connectivity index (χ3n) is 3.89. The molecule has 5 nitrogen and oxygen atoms in total. The van der Waals surface area contributed by atoms with E-state index in [4.69, 9.17) is 14.4 Å². The monoisotopic (exact) mass is 276 g/mol. The molecule has 106 valence electrons. The molecule has 20 heavy (non-hydrogen) atoms. The molecule has 1 aliphatic rings. The van der Waals surface area contributed by atoms with Crippen LogP contribution in [0.1, 0.15) is 38.1 Å². The van der Waals surface area contributed by atoms with Crippen molar-refractivity contribution in [2.45, 2.75) is 38.9 Å². The zero-order valence-electron chi connectivity index (χ0n) is 12.0. The maximum atomic E-state index is 11.3. The molecule has 1 aliphatic heterocycles. The van der Waals surface area contributed by atoms with Gasteiger partial charge in [0.1, 0.15) is 0 Å². The maximum Gasteiger partial charge on any atom is 0.494 e. The predicted octanol–water partition coefficient (Wildman–Crippen LogP) is 1.25. The normalized spacial score (nSPS) is 19.9. The van der Waals surface area contributed by atoms with E-state index in [1.54, 1.807) is 12.1 Å². The second-order valence-electron chi connectivity index (χ2n) is 5.84. The number of hydrogen-bond donors (Lipinski definition) is 1. The van der Waals surface area contributed by atoms with Crippen molar-refractivity contribution in [1.29, 1.82) is 0 Å². The number of carbonyl (C=O) groups is 2. The average Bonchev–Trinajstić information content (AvgIpc) is 2.57. The van der Waals surface area contributed by atoms with Gasteiger partial charge in [0.05, 0.1) is 11.2 Å². The van der Waals surface area contributed by atoms with Gasteiger partial charge in [-0.2, -0.15) is 0 Å². The van der Waals surface area contributed by atoms with Crippen molar-refractivity contribution in [2.24, 2.45) is 0 Å². The molecule has 1 aromatic carbocycles. The number of carbonyl (C=O) groups excluding carboxylic acids is 1. The molecule has 0 saturated carbocycles. The Kier molecular flexibility index (Phi) is 3.48. The molecular formula is C14H17BO5. The van der Waals surface area contributed by atoms with E-state index in [9.17, 15) is 9.59 Å². The molecule has 2 rings (SSSR count). The van der Waals surface area contributed by atoms with Crippen molar-refractivity contribution in [3.05, 3.63) is 29.8 Å². The van der Waals surface area contributed by atoms with Gasteiger partial charge in [-0.25, -0.2) is 4.79 Å². The summed E-state index contributed by atoms with van der Waals surface area (Å²) in [7, 11) is -0.519. The van der Waals surface area contributed by atoms with Crippen LogP contribution in [0.25, 0.3) is 0 Å². The topological polar surface area (TPSA) is 72.8 Å². The first-order valence-corrected chi connectivity index (χ1v) is 6.37. The highest BCUT2D eigenvalue weighted by atomic mass is 16.7. The van der Waals surface area contributed by atoms with Crippen LogP contribution in [-0.2, 0) is 14.1 Å². The standard InChI is InChI=1S/C14H17BO5/c1-13(2)14(3,4)20-15(19-13)10-7-5-9(6-8-10)11(16)12(17)18/h5-8H,1-4H3,(H,17,18). The molecule has 1 aromatic rings. The number of hydrogen-bond acceptors (Lipinski definition) is 4. The molecule has 1 N–H and O–H groups in total. The summed E-state index contributed by atoms with van der Waals surface area (Å²) in [5, 5.41) is 8.65. The van der Waals surface area contributed by atoms with E-state index in [1.165, 1.54) is 12.1 Å². The van der Waals surface area contributed by atoms with Crippen LogP contribution >= 0.6 is 0 Å². The van der Waals surface area contributed by atoms with Gasteiger partial charge in [-0.15, -0.1) is 0 Å². The van der Waals surface area contributed by atoms with E-state index >= 15 is 0 Å². The summed E-state index contributed by atoms with van der Waals surface area (Å²) in [5.41, 5.74) is 0.0174. The summed E-state index contributed by atoms with van der Waals surface area (Å²) >= 11 is 0. The lowest BCUT2D eigenvalue weighted by molar-refractivity contribution is -0.131. The van der Waals surface area contributed by atoms with Gasteiger partial charge in [0.25, 0.3) is 5.78 Å². The number of aliphatic carboxylic acids is 1. The average molecular weight is 276 g/mol. The van der Waals surface area contributed by atoms with E-state index in [0.717, 1.165) is 5.46 Å². The molecule has 0 radical (unpaired) electrons. The van der Waals surface area contributed by atoms with Crippen LogP contribution in [0, 0.1) is 0 Å². The van der Waals surface area contributed by atoms with Crippen LogP contribution in [0.4, 0.5) is 0 Å². The number of Topliss-reactive ketones (excluding diaryl/α,β-unsaturated/α-hetero) is 1. The first-order chi connectivity index (χ1) is 9.14. The molecule has 0 atom stereocenters. The molecule has 1 heterocycles. The third-order valence-corrected chi connectivity index (χ3v) is 3.89. The van der Waals surface area contributed by atoms with Crippen molar-refractivity contribution in [3.8, 4) is 0 Å². The van der Waals surface area contributed by atoms with Crippen LogP contribution in [-0.4, -0.2) is 35.2 Å². The first kappa shape index (κ1) is 14.7. The minimum Gasteiger partial charge on any atom is -0.475 e. The third kappa shape index (κ3) is 2.49. The minimum atomic E-state index is -1.46. The Labute approximate surface area is 118 Å². The second-order valence-corrected chi connectivity index (χ2v) is 5.84. The molecule has 0 spiro atoms. The number of ketones is 1. The van der Waals surface area contributed by atoms with E-state index in [1.807, 2.05) is 27.7 Å². The van der Waals surface area contributed by atoms with Gasteiger partial charge >= 0.3 is 13.1 Å².